The molecule has 0 saturated heterocycles. The molecule has 7 nitrogen and oxygen atoms in total. The average Bonchev–Trinajstić information content (AvgIpc) is 3.05. The summed E-state index contributed by atoms with van der Waals surface area (Å²) in [7, 11) is 0. The summed E-state index contributed by atoms with van der Waals surface area (Å²) in [6.07, 6.45) is 1.36. The fraction of sp³-hybridized carbons (Fsp3) is 0.222. The molecular formula is C18H19N5O2. The molecule has 1 N–H and O–H groups in total. The first-order valence-electron chi connectivity index (χ1n) is 8.01. The Kier molecular flexibility index (Phi) is 5.03. The summed E-state index contributed by atoms with van der Waals surface area (Å²) in [5, 5.41) is 6.85. The van der Waals surface area contributed by atoms with Gasteiger partial charge in [-0.1, -0.05) is 35.5 Å². The van der Waals surface area contributed by atoms with Crippen LogP contribution in [0.4, 0.5) is 11.6 Å². The van der Waals surface area contributed by atoms with Crippen molar-refractivity contribution >= 4 is 17.5 Å². The maximum Gasteiger partial charge on any atom is 0.272 e. The van der Waals surface area contributed by atoms with Crippen LogP contribution >= 0.6 is 0 Å². The van der Waals surface area contributed by atoms with Crippen molar-refractivity contribution in [3.8, 4) is 0 Å². The van der Waals surface area contributed by atoms with Gasteiger partial charge in [-0.05, 0) is 19.4 Å². The third-order valence-electron chi connectivity index (χ3n) is 3.66. The summed E-state index contributed by atoms with van der Waals surface area (Å²) < 4.78 is 5.01. The number of rotatable bonds is 6. The second-order valence-corrected chi connectivity index (χ2v) is 5.54. The highest BCUT2D eigenvalue weighted by Gasteiger charge is 2.17. The lowest BCUT2D eigenvalue weighted by Gasteiger charge is -2.20. The van der Waals surface area contributed by atoms with Gasteiger partial charge in [-0.3, -0.25) is 4.79 Å². The van der Waals surface area contributed by atoms with Gasteiger partial charge in [0.15, 0.2) is 5.82 Å². The molecule has 0 bridgehead atoms. The van der Waals surface area contributed by atoms with Crippen molar-refractivity contribution in [3.63, 3.8) is 0 Å². The fourth-order valence-electron chi connectivity index (χ4n) is 2.39. The van der Waals surface area contributed by atoms with Crippen LogP contribution in [0, 0.1) is 6.92 Å². The van der Waals surface area contributed by atoms with Gasteiger partial charge in [0, 0.05) is 25.2 Å². The number of hydrogen-bond donors (Lipinski definition) is 1. The van der Waals surface area contributed by atoms with E-state index in [1.807, 2.05) is 37.3 Å². The monoisotopic (exact) mass is 337 g/mol. The van der Waals surface area contributed by atoms with E-state index in [0.717, 1.165) is 5.56 Å². The summed E-state index contributed by atoms with van der Waals surface area (Å²) in [5.74, 6) is 1.56. The highest BCUT2D eigenvalue weighted by atomic mass is 16.5. The van der Waals surface area contributed by atoms with E-state index in [2.05, 4.69) is 20.4 Å². The Bertz CT molecular complexity index is 847. The molecule has 25 heavy (non-hydrogen) atoms. The van der Waals surface area contributed by atoms with Gasteiger partial charge >= 0.3 is 0 Å². The zero-order valence-corrected chi connectivity index (χ0v) is 14.1. The molecule has 0 saturated carbocycles. The van der Waals surface area contributed by atoms with Crippen LogP contribution in [0.25, 0.3) is 0 Å². The summed E-state index contributed by atoms with van der Waals surface area (Å²) in [6, 6.07) is 13.2. The Morgan fingerprint density at radius 2 is 1.96 bits per heavy atom. The smallest absolute Gasteiger partial charge is 0.272 e. The van der Waals surface area contributed by atoms with Gasteiger partial charge in [-0.2, -0.15) is 0 Å². The minimum atomic E-state index is -0.145. The summed E-state index contributed by atoms with van der Waals surface area (Å²) in [4.78, 5) is 22.7. The van der Waals surface area contributed by atoms with Crippen LogP contribution in [-0.2, 0) is 6.54 Å². The quantitative estimate of drug-likeness (QED) is 0.744. The molecule has 7 heteroatoms. The van der Waals surface area contributed by atoms with Crippen LogP contribution < -0.4 is 5.32 Å². The van der Waals surface area contributed by atoms with E-state index < -0.39 is 0 Å². The van der Waals surface area contributed by atoms with Gasteiger partial charge in [0.05, 0.1) is 0 Å². The van der Waals surface area contributed by atoms with Crippen molar-refractivity contribution in [2.24, 2.45) is 0 Å². The van der Waals surface area contributed by atoms with Crippen LogP contribution in [0.3, 0.4) is 0 Å². The lowest BCUT2D eigenvalue weighted by molar-refractivity contribution is 0.0746. The van der Waals surface area contributed by atoms with Crippen molar-refractivity contribution in [2.75, 3.05) is 11.9 Å². The van der Waals surface area contributed by atoms with Crippen LogP contribution in [0.1, 0.15) is 28.7 Å². The van der Waals surface area contributed by atoms with Gasteiger partial charge < -0.3 is 14.7 Å². The number of carbonyl (C=O) groups is 1. The van der Waals surface area contributed by atoms with Gasteiger partial charge in [0.2, 0.25) is 0 Å². The van der Waals surface area contributed by atoms with Gasteiger partial charge in [-0.25, -0.2) is 9.97 Å². The van der Waals surface area contributed by atoms with E-state index in [-0.39, 0.29) is 5.91 Å². The average molecular weight is 337 g/mol. The molecule has 2 aromatic heterocycles. The maximum absolute atomic E-state index is 12.8. The molecule has 0 fully saturated rings. The molecule has 0 spiro atoms. The predicted octanol–water partition coefficient (Wildman–Crippen LogP) is 3.18. The van der Waals surface area contributed by atoms with Crippen LogP contribution in [0.5, 0.6) is 0 Å². The number of hydrogen-bond acceptors (Lipinski definition) is 6. The van der Waals surface area contributed by atoms with Crippen molar-refractivity contribution in [1.82, 2.24) is 20.0 Å². The van der Waals surface area contributed by atoms with Crippen molar-refractivity contribution in [2.45, 2.75) is 20.4 Å². The third kappa shape index (κ3) is 4.20. The van der Waals surface area contributed by atoms with E-state index in [4.69, 9.17) is 4.52 Å². The first kappa shape index (κ1) is 16.6. The Morgan fingerprint density at radius 1 is 1.16 bits per heavy atom. The lowest BCUT2D eigenvalue weighted by atomic mass is 10.2. The molecule has 0 aliphatic heterocycles. The Labute approximate surface area is 145 Å². The topological polar surface area (TPSA) is 84.2 Å². The summed E-state index contributed by atoms with van der Waals surface area (Å²) in [5.41, 5.74) is 1.40. The van der Waals surface area contributed by atoms with Crippen LogP contribution in [0.2, 0.25) is 0 Å². The third-order valence-corrected chi connectivity index (χ3v) is 3.66. The molecule has 2 heterocycles. The molecule has 3 aromatic rings. The standard InChI is InChI=1S/C18H19N5O2/c1-3-23(11-14-7-5-4-6-8-14)18(24)15-10-16(20-12-19-15)21-17-9-13(2)25-22-17/h4-10,12H,3,11H2,1-2H3,(H,19,20,21,22). The van der Waals surface area contributed by atoms with E-state index in [1.54, 1.807) is 24.0 Å². The second-order valence-electron chi connectivity index (χ2n) is 5.54. The number of nitrogens with one attached hydrogen (secondary N) is 1. The molecule has 3 rings (SSSR count). The second kappa shape index (κ2) is 7.57. The van der Waals surface area contributed by atoms with Gasteiger partial charge in [-0.15, -0.1) is 0 Å². The molecule has 1 aromatic carbocycles. The van der Waals surface area contributed by atoms with Crippen molar-refractivity contribution in [3.05, 3.63) is 65.8 Å². The molecule has 128 valence electrons. The highest BCUT2D eigenvalue weighted by molar-refractivity contribution is 5.93. The fourth-order valence-corrected chi connectivity index (χ4v) is 2.39. The Morgan fingerprint density at radius 3 is 2.64 bits per heavy atom. The first-order chi connectivity index (χ1) is 12.2. The van der Waals surface area contributed by atoms with E-state index in [9.17, 15) is 4.79 Å². The van der Waals surface area contributed by atoms with Crippen LogP contribution in [0.15, 0.2) is 53.3 Å². The number of amides is 1. The SMILES string of the molecule is CCN(Cc1ccccc1)C(=O)c1cc(Nc2cc(C)on2)ncn1. The van der Waals surface area contributed by atoms with Crippen molar-refractivity contribution in [1.29, 1.82) is 0 Å². The van der Waals surface area contributed by atoms with Gasteiger partial charge in [0.1, 0.15) is 23.6 Å². The number of carbonyl (C=O) groups excluding carboxylic acids is 1. The Hall–Kier alpha value is -3.22. The maximum atomic E-state index is 12.8. The molecular weight excluding hydrogens is 318 g/mol. The summed E-state index contributed by atoms with van der Waals surface area (Å²) in [6.45, 7) is 4.86. The number of nitrogens with zero attached hydrogens (tertiary/aromatic N) is 4. The van der Waals surface area contributed by atoms with Crippen molar-refractivity contribution < 1.29 is 9.32 Å². The zero-order chi connectivity index (χ0) is 17.6. The van der Waals surface area contributed by atoms with E-state index in [1.165, 1.54) is 6.33 Å². The van der Waals surface area contributed by atoms with E-state index >= 15 is 0 Å². The largest absolute Gasteiger partial charge is 0.360 e. The number of anilines is 2. The molecule has 0 aliphatic rings. The summed E-state index contributed by atoms with van der Waals surface area (Å²) >= 11 is 0. The van der Waals surface area contributed by atoms with Crippen LogP contribution in [-0.4, -0.2) is 32.5 Å². The lowest BCUT2D eigenvalue weighted by Crippen LogP contribution is -2.31. The molecule has 0 aliphatic carbocycles. The van der Waals surface area contributed by atoms with E-state index in [0.29, 0.717) is 36.2 Å². The minimum absolute atomic E-state index is 0.145. The normalized spacial score (nSPS) is 10.5. The minimum Gasteiger partial charge on any atom is -0.360 e. The van der Waals surface area contributed by atoms with Gasteiger partial charge in [0.25, 0.3) is 5.91 Å². The molecule has 0 unspecified atom stereocenters. The predicted molar refractivity (Wildman–Crippen MR) is 93.4 cm³/mol. The highest BCUT2D eigenvalue weighted by Crippen LogP contribution is 2.15. The first-order valence-corrected chi connectivity index (χ1v) is 8.01. The number of aryl methyl sites for hydroxylation is 1. The molecule has 1 amide bonds. The zero-order valence-electron chi connectivity index (χ0n) is 14.1. The molecule has 0 radical (unpaired) electrons. The molecule has 0 atom stereocenters. The number of aromatic nitrogens is 3. The number of benzene rings is 1. The Balaban J connectivity index is 1.75.